The summed E-state index contributed by atoms with van der Waals surface area (Å²) < 4.78 is 36.3. The first-order valence-corrected chi connectivity index (χ1v) is 4.28. The third kappa shape index (κ3) is 105. The Morgan fingerprint density at radius 1 is 1.29 bits per heavy atom. The lowest BCUT2D eigenvalue weighted by molar-refractivity contribution is 0.0781. The predicted molar refractivity (Wildman–Crippen MR) is 50.8 cm³/mol. The molecule has 0 aromatic heterocycles. The Kier molecular flexibility index (Phi) is 24.9. The van der Waals surface area contributed by atoms with Crippen molar-refractivity contribution in [3.8, 4) is 0 Å². The zero-order chi connectivity index (χ0) is 10.0. The first kappa shape index (κ1) is 23.3. The molecule has 0 aromatic rings. The molecule has 0 heterocycles. The molecule has 0 aliphatic carbocycles. The highest BCUT2D eigenvalue weighted by Crippen LogP contribution is 1.71. The maximum absolute atomic E-state index is 9.65. The van der Waals surface area contributed by atoms with Crippen LogP contribution in [0.3, 0.4) is 0 Å². The van der Waals surface area contributed by atoms with Crippen LogP contribution in [0.15, 0.2) is 12.7 Å². The van der Waals surface area contributed by atoms with Crippen LogP contribution in [-0.2, 0) is 20.2 Å². The van der Waals surface area contributed by atoms with Crippen molar-refractivity contribution in [2.45, 2.75) is 0 Å². The first-order chi connectivity index (χ1) is 5.41. The van der Waals surface area contributed by atoms with Crippen LogP contribution < -0.4 is 12.3 Å². The minimum absolute atomic E-state index is 0. The number of rotatable bonds is 4. The molecule has 0 bridgehead atoms. The van der Waals surface area contributed by atoms with Crippen molar-refractivity contribution >= 4 is 10.4 Å². The van der Waals surface area contributed by atoms with Gasteiger partial charge in [-0.05, 0) is 0 Å². The van der Waals surface area contributed by atoms with Crippen LogP contribution in [0.5, 0.6) is 0 Å². The molecule has 0 aromatic carbocycles. The quantitative estimate of drug-likeness (QED) is 0.306. The van der Waals surface area contributed by atoms with E-state index in [9.17, 15) is 5.11 Å². The average Bonchev–Trinajstić information content (AvgIpc) is 1.85. The van der Waals surface area contributed by atoms with E-state index in [1.165, 1.54) is 0 Å². The minimum atomic E-state index is -4.67. The van der Waals surface area contributed by atoms with Gasteiger partial charge in [-0.25, -0.2) is 5.11 Å². The monoisotopic (exact) mass is 233 g/mol. The Morgan fingerprint density at radius 2 is 1.64 bits per heavy atom. The van der Waals surface area contributed by atoms with Gasteiger partial charge in [0.15, 0.2) is 0 Å². The molecule has 1 radical (unpaired) electrons. The average molecular weight is 233 g/mol. The third-order valence-corrected chi connectivity index (χ3v) is 0.463. The van der Waals surface area contributed by atoms with Gasteiger partial charge >= 0.3 is 10.4 Å². The summed E-state index contributed by atoms with van der Waals surface area (Å²) in [5.74, 6) is 0. The molecule has 8 nitrogen and oxygen atoms in total. The maximum Gasteiger partial charge on any atom is 0.394 e. The topological polar surface area (TPSA) is 174 Å². The fraction of sp³-hybridized carbons (Fsp3) is 0.600. The highest BCUT2D eigenvalue weighted by atomic mass is 32.3. The van der Waals surface area contributed by atoms with Crippen LogP contribution >= 0.6 is 0 Å². The number of ether oxygens (including phenoxy) is 1. The highest BCUT2D eigenvalue weighted by molar-refractivity contribution is 7.79. The van der Waals surface area contributed by atoms with E-state index >= 15 is 0 Å². The first-order valence-electron chi connectivity index (χ1n) is 2.88. The van der Waals surface area contributed by atoms with Crippen molar-refractivity contribution in [3.63, 3.8) is 0 Å². The molecular weight excluding hydrogens is 216 g/mol. The third-order valence-electron chi connectivity index (χ3n) is 0.463. The maximum atomic E-state index is 9.65. The van der Waals surface area contributed by atoms with Crippen molar-refractivity contribution in [1.82, 2.24) is 12.3 Å². The summed E-state index contributed by atoms with van der Waals surface area (Å²) in [7, 11) is -4.67. The van der Waals surface area contributed by atoms with E-state index in [4.69, 9.17) is 22.3 Å². The van der Waals surface area contributed by atoms with E-state index in [0.29, 0.717) is 13.2 Å². The van der Waals surface area contributed by atoms with Gasteiger partial charge in [0.05, 0.1) is 13.2 Å². The standard InChI is InChI=1S/C5H9O2.2H3N.H2O4S/c1-2-4-7-5-3-6;;;1-5(2,3)4/h2H,1,3-5H2;2*1H3;(H2,1,2,3,4). The molecule has 0 saturated carbocycles. The fourth-order valence-corrected chi connectivity index (χ4v) is 0.226. The van der Waals surface area contributed by atoms with Crippen LogP contribution in [0.4, 0.5) is 0 Å². The summed E-state index contributed by atoms with van der Waals surface area (Å²) in [5, 5.41) is 9.65. The van der Waals surface area contributed by atoms with Gasteiger partial charge in [0.2, 0.25) is 0 Å². The van der Waals surface area contributed by atoms with E-state index in [2.05, 4.69) is 6.58 Å². The SMILES string of the molecule is C=CCOCC[O].N.N.O=S(=O)(O)O. The molecule has 8 N–H and O–H groups in total. The molecule has 89 valence electrons. The van der Waals surface area contributed by atoms with E-state index in [1.54, 1.807) is 6.08 Å². The van der Waals surface area contributed by atoms with E-state index in [-0.39, 0.29) is 18.9 Å². The van der Waals surface area contributed by atoms with Crippen LogP contribution in [0, 0.1) is 0 Å². The van der Waals surface area contributed by atoms with Gasteiger partial charge in [0, 0.05) is 0 Å². The second-order valence-electron chi connectivity index (χ2n) is 1.52. The molecule has 14 heavy (non-hydrogen) atoms. The molecule has 9 heteroatoms. The van der Waals surface area contributed by atoms with Crippen LogP contribution in [-0.4, -0.2) is 37.3 Å². The van der Waals surface area contributed by atoms with Gasteiger partial charge in [-0.15, -0.1) is 6.58 Å². The molecule has 0 atom stereocenters. The van der Waals surface area contributed by atoms with Gasteiger partial charge in [-0.1, -0.05) is 6.08 Å². The van der Waals surface area contributed by atoms with Gasteiger partial charge in [-0.3, -0.25) is 9.11 Å². The smallest absolute Gasteiger partial charge is 0.375 e. The molecule has 0 spiro atoms. The lowest BCUT2D eigenvalue weighted by Gasteiger charge is -1.91. The normalized spacial score (nSPS) is 8.50. The van der Waals surface area contributed by atoms with Crippen molar-refractivity contribution in [2.75, 3.05) is 19.8 Å². The van der Waals surface area contributed by atoms with E-state index < -0.39 is 10.4 Å². The van der Waals surface area contributed by atoms with Crippen molar-refractivity contribution in [2.24, 2.45) is 0 Å². The summed E-state index contributed by atoms with van der Waals surface area (Å²) in [6.45, 7) is 4.03. The minimum Gasteiger partial charge on any atom is -0.375 e. The molecule has 0 unspecified atom stereocenters. The summed E-state index contributed by atoms with van der Waals surface area (Å²) in [4.78, 5) is 0. The Bertz CT molecular complexity index is 184. The van der Waals surface area contributed by atoms with Crippen molar-refractivity contribution in [1.29, 1.82) is 0 Å². The Labute approximate surface area is 83.3 Å². The molecule has 0 aliphatic rings. The van der Waals surface area contributed by atoms with E-state index in [0.717, 1.165) is 0 Å². The van der Waals surface area contributed by atoms with Gasteiger partial charge < -0.3 is 17.0 Å². The number of hydrogen-bond acceptors (Lipinski definition) is 5. The number of hydrogen-bond donors (Lipinski definition) is 4. The summed E-state index contributed by atoms with van der Waals surface area (Å²) in [5.41, 5.74) is 0. The van der Waals surface area contributed by atoms with Crippen LogP contribution in [0.25, 0.3) is 0 Å². The van der Waals surface area contributed by atoms with Crippen LogP contribution in [0.2, 0.25) is 0 Å². The lowest BCUT2D eigenvalue weighted by atomic mass is 10.7. The Hall–Kier alpha value is -0.550. The van der Waals surface area contributed by atoms with Crippen molar-refractivity contribution < 1.29 is 27.4 Å². The molecule has 0 fully saturated rings. The molecule has 0 aliphatic heterocycles. The summed E-state index contributed by atoms with van der Waals surface area (Å²) in [6, 6.07) is 0. The molecule has 0 amide bonds. The van der Waals surface area contributed by atoms with Crippen molar-refractivity contribution in [3.05, 3.63) is 12.7 Å². The Balaban J connectivity index is -0.0000000651. The second kappa shape index (κ2) is 14.9. The van der Waals surface area contributed by atoms with Gasteiger partial charge in [0.25, 0.3) is 0 Å². The zero-order valence-electron chi connectivity index (χ0n) is 7.76. The Morgan fingerprint density at radius 3 is 1.86 bits per heavy atom. The fourth-order valence-electron chi connectivity index (χ4n) is 0.226. The summed E-state index contributed by atoms with van der Waals surface area (Å²) >= 11 is 0. The molecular formula is C5H17N2O6S. The van der Waals surface area contributed by atoms with Crippen LogP contribution in [0.1, 0.15) is 0 Å². The zero-order valence-corrected chi connectivity index (χ0v) is 8.57. The largest absolute Gasteiger partial charge is 0.394 e. The molecule has 0 saturated heterocycles. The van der Waals surface area contributed by atoms with Gasteiger partial charge in [0.1, 0.15) is 6.61 Å². The second-order valence-corrected chi connectivity index (χ2v) is 2.41. The lowest BCUT2D eigenvalue weighted by Crippen LogP contribution is -1.96. The molecule has 0 rings (SSSR count). The predicted octanol–water partition coefficient (Wildman–Crippen LogP) is 0.291. The van der Waals surface area contributed by atoms with Gasteiger partial charge in [-0.2, -0.15) is 8.42 Å². The summed E-state index contributed by atoms with van der Waals surface area (Å²) in [6.07, 6.45) is 1.62. The highest BCUT2D eigenvalue weighted by Gasteiger charge is 1.84. The van der Waals surface area contributed by atoms with E-state index in [1.807, 2.05) is 0 Å².